The van der Waals surface area contributed by atoms with Crippen LogP contribution in [0.3, 0.4) is 0 Å². The zero-order chi connectivity index (χ0) is 16.4. The van der Waals surface area contributed by atoms with Crippen molar-refractivity contribution in [1.82, 2.24) is 3.96 Å². The van der Waals surface area contributed by atoms with Gasteiger partial charge >= 0.3 is 0 Å². The molecule has 0 spiro atoms. The van der Waals surface area contributed by atoms with Crippen molar-refractivity contribution in [3.63, 3.8) is 0 Å². The molecule has 0 fully saturated rings. The van der Waals surface area contributed by atoms with Gasteiger partial charge in [-0.15, -0.1) is 0 Å². The Kier molecular flexibility index (Phi) is 3.89. The van der Waals surface area contributed by atoms with Crippen molar-refractivity contribution in [3.8, 4) is 11.4 Å². The van der Waals surface area contributed by atoms with Crippen LogP contribution in [0, 0.1) is 0 Å². The predicted molar refractivity (Wildman–Crippen MR) is 99.4 cm³/mol. The summed E-state index contributed by atoms with van der Waals surface area (Å²) < 4.78 is 8.46. The number of hydrogen-bond donors (Lipinski definition) is 0. The molecule has 0 aliphatic rings. The number of nitrogens with zero attached hydrogens (tertiary/aromatic N) is 2. The van der Waals surface area contributed by atoms with Crippen LogP contribution in [0.2, 0.25) is 0 Å². The molecule has 0 N–H and O–H groups in total. The van der Waals surface area contributed by atoms with E-state index in [4.69, 9.17) is 9.73 Å². The molecule has 3 nitrogen and oxygen atoms in total. The van der Waals surface area contributed by atoms with Gasteiger partial charge in [-0.25, -0.2) is 4.99 Å². The molecule has 24 heavy (non-hydrogen) atoms. The molecule has 1 aromatic heterocycles. The minimum atomic E-state index is 0.856. The fourth-order valence-corrected chi connectivity index (χ4v) is 3.70. The van der Waals surface area contributed by atoms with Crippen LogP contribution in [0.15, 0.2) is 83.9 Å². The van der Waals surface area contributed by atoms with Crippen molar-refractivity contribution < 1.29 is 4.74 Å². The molecule has 0 bridgehead atoms. The summed E-state index contributed by atoms with van der Waals surface area (Å²) in [5.41, 5.74) is 3.22. The average Bonchev–Trinajstić information content (AvgIpc) is 3.01. The molecule has 0 amide bonds. The van der Waals surface area contributed by atoms with E-state index in [1.54, 1.807) is 18.6 Å². The van der Waals surface area contributed by atoms with Crippen molar-refractivity contribution in [2.75, 3.05) is 7.11 Å². The lowest BCUT2D eigenvalue weighted by Gasteiger charge is -2.05. The number of aromatic nitrogens is 1. The molecular weight excluding hydrogens is 316 g/mol. The van der Waals surface area contributed by atoms with Crippen LogP contribution in [0.5, 0.6) is 5.75 Å². The van der Waals surface area contributed by atoms with Crippen LogP contribution in [-0.2, 0) is 0 Å². The summed E-state index contributed by atoms with van der Waals surface area (Å²) in [5.74, 6) is 0.856. The molecule has 4 heteroatoms. The van der Waals surface area contributed by atoms with Gasteiger partial charge in [-0.1, -0.05) is 30.3 Å². The zero-order valence-corrected chi connectivity index (χ0v) is 14.0. The maximum atomic E-state index is 5.25. The molecule has 0 saturated carbocycles. The van der Waals surface area contributed by atoms with E-state index >= 15 is 0 Å². The molecule has 0 atom stereocenters. The van der Waals surface area contributed by atoms with E-state index in [9.17, 15) is 0 Å². The number of para-hydroxylation sites is 2. The van der Waals surface area contributed by atoms with Gasteiger partial charge in [-0.2, -0.15) is 0 Å². The number of methoxy groups -OCH3 is 1. The number of ether oxygens (including phenoxy) is 1. The van der Waals surface area contributed by atoms with Crippen molar-refractivity contribution in [3.05, 3.63) is 83.5 Å². The summed E-state index contributed by atoms with van der Waals surface area (Å²) in [4.78, 5) is 4.82. The van der Waals surface area contributed by atoms with E-state index < -0.39 is 0 Å². The molecule has 0 radical (unpaired) electrons. The third-order valence-corrected chi connectivity index (χ3v) is 4.90. The Balaban J connectivity index is 1.92. The van der Waals surface area contributed by atoms with Crippen LogP contribution in [0.4, 0.5) is 5.69 Å². The largest absolute Gasteiger partial charge is 0.497 e. The van der Waals surface area contributed by atoms with Crippen LogP contribution in [0.1, 0.15) is 0 Å². The average molecular weight is 332 g/mol. The fraction of sp³-hybridized carbons (Fsp3) is 0.0500. The highest BCUT2D eigenvalue weighted by atomic mass is 32.1. The van der Waals surface area contributed by atoms with E-state index in [-0.39, 0.29) is 0 Å². The number of rotatable bonds is 3. The van der Waals surface area contributed by atoms with Gasteiger partial charge in [0.2, 0.25) is 0 Å². The lowest BCUT2D eigenvalue weighted by Crippen LogP contribution is -1.92. The predicted octanol–water partition coefficient (Wildman–Crippen LogP) is 4.93. The van der Waals surface area contributed by atoms with E-state index in [1.165, 1.54) is 0 Å². The molecule has 4 rings (SSSR count). The first-order chi connectivity index (χ1) is 11.8. The van der Waals surface area contributed by atoms with E-state index in [2.05, 4.69) is 40.4 Å². The van der Waals surface area contributed by atoms with E-state index in [0.717, 1.165) is 32.7 Å². The van der Waals surface area contributed by atoms with Gasteiger partial charge in [0.15, 0.2) is 0 Å². The molecular formula is C20H16N2OS. The second kappa shape index (κ2) is 6.34. The second-order valence-electron chi connectivity index (χ2n) is 5.35. The highest BCUT2D eigenvalue weighted by Crippen LogP contribution is 2.23. The number of fused-ring (bicyclic) bond motifs is 1. The van der Waals surface area contributed by atoms with Gasteiger partial charge in [-0.05, 0) is 60.1 Å². The van der Waals surface area contributed by atoms with Gasteiger partial charge in [0.25, 0.3) is 0 Å². The van der Waals surface area contributed by atoms with Gasteiger partial charge < -0.3 is 4.74 Å². The standard InChI is InChI=1S/C20H16N2OS/c1-23-17-13-11-16(12-14-17)22-19-10-6-5-9-18(19)20(24-22)21-15-7-3-2-4-8-15/h2-14H,1H3. The minimum Gasteiger partial charge on any atom is -0.497 e. The highest BCUT2D eigenvalue weighted by Gasteiger charge is 2.07. The zero-order valence-electron chi connectivity index (χ0n) is 13.2. The van der Waals surface area contributed by atoms with Gasteiger partial charge in [0, 0.05) is 5.39 Å². The molecule has 0 aliphatic carbocycles. The molecule has 0 unspecified atom stereocenters. The monoisotopic (exact) mass is 332 g/mol. The van der Waals surface area contributed by atoms with Crippen LogP contribution >= 0.6 is 11.5 Å². The first-order valence-electron chi connectivity index (χ1n) is 7.70. The Morgan fingerprint density at radius 1 is 0.833 bits per heavy atom. The summed E-state index contributed by atoms with van der Waals surface area (Å²) in [6.07, 6.45) is 0. The normalized spacial score (nSPS) is 11.8. The first-order valence-corrected chi connectivity index (χ1v) is 8.48. The third kappa shape index (κ3) is 2.72. The Morgan fingerprint density at radius 2 is 1.54 bits per heavy atom. The lowest BCUT2D eigenvalue weighted by atomic mass is 10.2. The summed E-state index contributed by atoms with van der Waals surface area (Å²) in [5, 5.41) is 1.15. The molecule has 0 saturated heterocycles. The number of hydrogen-bond acceptors (Lipinski definition) is 3. The first kappa shape index (κ1) is 14.7. The molecule has 118 valence electrons. The number of benzene rings is 3. The van der Waals surface area contributed by atoms with Crippen molar-refractivity contribution in [1.29, 1.82) is 0 Å². The molecule has 4 aromatic rings. The summed E-state index contributed by atoms with van der Waals surface area (Å²) in [7, 11) is 1.68. The summed E-state index contributed by atoms with van der Waals surface area (Å²) in [6.45, 7) is 0. The lowest BCUT2D eigenvalue weighted by molar-refractivity contribution is 0.415. The van der Waals surface area contributed by atoms with Crippen LogP contribution in [0.25, 0.3) is 16.6 Å². The van der Waals surface area contributed by atoms with Crippen LogP contribution in [-0.4, -0.2) is 11.1 Å². The minimum absolute atomic E-state index is 0.856. The van der Waals surface area contributed by atoms with Gasteiger partial charge in [0.1, 0.15) is 10.4 Å². The van der Waals surface area contributed by atoms with E-state index in [1.807, 2.05) is 42.5 Å². The van der Waals surface area contributed by atoms with Crippen molar-refractivity contribution >= 4 is 28.1 Å². The SMILES string of the molecule is COc1ccc(-n2sc(=Nc3ccccc3)c3ccccc32)cc1. The summed E-state index contributed by atoms with van der Waals surface area (Å²) >= 11 is 1.64. The van der Waals surface area contributed by atoms with E-state index in [0.29, 0.717) is 0 Å². The van der Waals surface area contributed by atoms with Crippen molar-refractivity contribution in [2.24, 2.45) is 4.99 Å². The van der Waals surface area contributed by atoms with Crippen molar-refractivity contribution in [2.45, 2.75) is 0 Å². The third-order valence-electron chi connectivity index (χ3n) is 3.82. The smallest absolute Gasteiger partial charge is 0.143 e. The quantitative estimate of drug-likeness (QED) is 0.522. The Hall–Kier alpha value is -2.85. The maximum Gasteiger partial charge on any atom is 0.143 e. The Morgan fingerprint density at radius 3 is 2.29 bits per heavy atom. The summed E-state index contributed by atoms with van der Waals surface area (Å²) in [6, 6.07) is 26.5. The van der Waals surface area contributed by atoms with Gasteiger partial charge in [0.05, 0.1) is 24.0 Å². The topological polar surface area (TPSA) is 26.5 Å². The Labute approximate surface area is 144 Å². The molecule has 0 aliphatic heterocycles. The highest BCUT2D eigenvalue weighted by molar-refractivity contribution is 7.05. The molecule has 3 aromatic carbocycles. The molecule has 1 heterocycles. The van der Waals surface area contributed by atoms with Crippen LogP contribution < -0.4 is 9.41 Å². The maximum absolute atomic E-state index is 5.25. The fourth-order valence-electron chi connectivity index (χ4n) is 2.63. The second-order valence-corrected chi connectivity index (χ2v) is 6.29. The van der Waals surface area contributed by atoms with Gasteiger partial charge in [-0.3, -0.25) is 3.96 Å². The Bertz CT molecular complexity index is 1030.